The summed E-state index contributed by atoms with van der Waals surface area (Å²) in [6.45, 7) is 6.55. The Morgan fingerprint density at radius 1 is 0.914 bits per heavy atom. The Labute approximate surface area is 207 Å². The second kappa shape index (κ2) is 10.6. The monoisotopic (exact) mass is 468 g/mol. The van der Waals surface area contributed by atoms with E-state index in [0.29, 0.717) is 5.56 Å². The molecule has 0 fully saturated rings. The first-order chi connectivity index (χ1) is 16.8. The number of benzene rings is 3. The fourth-order valence-corrected chi connectivity index (χ4v) is 4.49. The highest BCUT2D eigenvalue weighted by molar-refractivity contribution is 5.91. The van der Waals surface area contributed by atoms with Crippen molar-refractivity contribution in [3.8, 4) is 0 Å². The smallest absolute Gasteiger partial charge is 0.338 e. The Hall–Kier alpha value is -3.86. The van der Waals surface area contributed by atoms with Crippen molar-refractivity contribution in [3.05, 3.63) is 114 Å². The van der Waals surface area contributed by atoms with E-state index in [1.807, 2.05) is 77.7 Å². The van der Waals surface area contributed by atoms with Crippen molar-refractivity contribution < 1.29 is 14.3 Å². The predicted octanol–water partition coefficient (Wildman–Crippen LogP) is 5.88. The molecule has 3 aromatic rings. The topological polar surface area (TPSA) is 58.6 Å². The summed E-state index contributed by atoms with van der Waals surface area (Å²) in [6, 6.07) is 28.0. The van der Waals surface area contributed by atoms with Gasteiger partial charge < -0.3 is 15.0 Å². The average molecular weight is 469 g/mol. The molecule has 0 radical (unpaired) electrons. The van der Waals surface area contributed by atoms with Crippen molar-refractivity contribution in [2.24, 2.45) is 5.41 Å². The number of amides is 1. The van der Waals surface area contributed by atoms with Gasteiger partial charge in [-0.3, -0.25) is 4.79 Å². The number of nitrogens with zero attached hydrogens (tertiary/aromatic N) is 1. The largest absolute Gasteiger partial charge is 0.460 e. The molecule has 0 unspecified atom stereocenters. The van der Waals surface area contributed by atoms with Gasteiger partial charge in [-0.2, -0.15) is 0 Å². The summed E-state index contributed by atoms with van der Waals surface area (Å²) in [5.41, 5.74) is 2.23. The van der Waals surface area contributed by atoms with Crippen molar-refractivity contribution in [3.63, 3.8) is 0 Å². The molecular formula is C30H32N2O3. The summed E-state index contributed by atoms with van der Waals surface area (Å²) < 4.78 is 5.76. The third kappa shape index (κ3) is 5.80. The number of nitrogens with one attached hydrogen (secondary N) is 1. The van der Waals surface area contributed by atoms with Crippen LogP contribution in [0.25, 0.3) is 0 Å². The van der Waals surface area contributed by atoms with Gasteiger partial charge >= 0.3 is 5.97 Å². The van der Waals surface area contributed by atoms with Crippen molar-refractivity contribution in [1.29, 1.82) is 0 Å². The minimum Gasteiger partial charge on any atom is -0.460 e. The molecule has 1 aliphatic heterocycles. The highest BCUT2D eigenvalue weighted by Gasteiger charge is 2.42. The van der Waals surface area contributed by atoms with Crippen molar-refractivity contribution in [1.82, 2.24) is 4.90 Å². The van der Waals surface area contributed by atoms with Crippen LogP contribution in [0.15, 0.2) is 103 Å². The highest BCUT2D eigenvalue weighted by Crippen LogP contribution is 2.36. The van der Waals surface area contributed by atoms with E-state index in [-0.39, 0.29) is 30.0 Å². The summed E-state index contributed by atoms with van der Waals surface area (Å²) in [6.07, 6.45) is 3.59. The molecule has 1 N–H and O–H groups in total. The first kappa shape index (κ1) is 24.3. The fraction of sp³-hybridized carbons (Fsp3) is 0.267. The first-order valence-electron chi connectivity index (χ1n) is 11.9. The van der Waals surface area contributed by atoms with Gasteiger partial charge in [0, 0.05) is 11.8 Å². The number of carbonyl (C=O) groups is 2. The maximum absolute atomic E-state index is 13.3. The number of ether oxygens (including phenoxy) is 1. The molecule has 5 nitrogen and oxygen atoms in total. The summed E-state index contributed by atoms with van der Waals surface area (Å²) in [4.78, 5) is 27.9. The van der Waals surface area contributed by atoms with Crippen LogP contribution in [0.2, 0.25) is 0 Å². The molecule has 0 saturated carbocycles. The maximum atomic E-state index is 13.3. The summed E-state index contributed by atoms with van der Waals surface area (Å²) >= 11 is 0. The molecule has 1 aliphatic rings. The second-order valence-electron chi connectivity index (χ2n) is 9.84. The van der Waals surface area contributed by atoms with E-state index in [2.05, 4.69) is 26.1 Å². The molecule has 0 aromatic heterocycles. The lowest BCUT2D eigenvalue weighted by molar-refractivity contribution is -0.130. The predicted molar refractivity (Wildman–Crippen MR) is 139 cm³/mol. The van der Waals surface area contributed by atoms with E-state index < -0.39 is 12.0 Å². The van der Waals surface area contributed by atoms with Crippen LogP contribution >= 0.6 is 0 Å². The Bertz CT molecular complexity index is 1150. The van der Waals surface area contributed by atoms with Crippen LogP contribution in [0.5, 0.6) is 0 Å². The zero-order valence-corrected chi connectivity index (χ0v) is 20.4. The van der Waals surface area contributed by atoms with Crippen molar-refractivity contribution in [2.75, 3.05) is 11.9 Å². The molecule has 35 heavy (non-hydrogen) atoms. The van der Waals surface area contributed by atoms with Gasteiger partial charge in [-0.1, -0.05) is 93.6 Å². The zero-order chi connectivity index (χ0) is 24.8. The maximum Gasteiger partial charge on any atom is 0.338 e. The molecule has 0 aliphatic carbocycles. The molecule has 180 valence electrons. The van der Waals surface area contributed by atoms with E-state index in [4.69, 9.17) is 4.74 Å². The van der Waals surface area contributed by atoms with E-state index >= 15 is 0 Å². The third-order valence-corrected chi connectivity index (χ3v) is 6.28. The van der Waals surface area contributed by atoms with Crippen molar-refractivity contribution >= 4 is 17.6 Å². The Morgan fingerprint density at radius 3 is 2.09 bits per heavy atom. The number of hydrogen-bond acceptors (Lipinski definition) is 4. The van der Waals surface area contributed by atoms with Crippen LogP contribution in [-0.4, -0.2) is 35.5 Å². The minimum absolute atomic E-state index is 0.0594. The molecule has 5 heteroatoms. The van der Waals surface area contributed by atoms with Crippen LogP contribution in [0.4, 0.5) is 5.69 Å². The van der Waals surface area contributed by atoms with Gasteiger partial charge in [-0.25, -0.2) is 4.79 Å². The van der Waals surface area contributed by atoms with Crippen LogP contribution in [0.3, 0.4) is 0 Å². The molecular weight excluding hydrogens is 436 g/mol. The van der Waals surface area contributed by atoms with Gasteiger partial charge in [-0.15, -0.1) is 0 Å². The lowest BCUT2D eigenvalue weighted by Crippen LogP contribution is -2.53. The SMILES string of the molecule is CC(C)(C)[C@@H](Nc1ccccc1)[C@H]1C=CC(=O)N1[C@@H](COC(=O)c1ccccc1)c1ccccc1. The molecule has 1 heterocycles. The quantitative estimate of drug-likeness (QED) is 0.420. The molecule has 1 amide bonds. The molecule has 4 rings (SSSR count). The van der Waals surface area contributed by atoms with Crippen LogP contribution < -0.4 is 5.32 Å². The highest BCUT2D eigenvalue weighted by atomic mass is 16.5. The van der Waals surface area contributed by atoms with Gasteiger partial charge in [0.15, 0.2) is 0 Å². The standard InChI is InChI=1S/C30H32N2O3/c1-30(2,3)28(31-24-17-11-6-12-18-24)25-19-20-27(33)32(25)26(22-13-7-4-8-14-22)21-35-29(34)23-15-9-5-10-16-23/h4-20,25-26,28,31H,21H2,1-3H3/t25-,26+,28+/m1/s1. The Morgan fingerprint density at radius 2 is 1.49 bits per heavy atom. The van der Waals surface area contributed by atoms with Gasteiger partial charge in [0.2, 0.25) is 5.91 Å². The number of para-hydroxylation sites is 1. The molecule has 3 aromatic carbocycles. The average Bonchev–Trinajstić information content (AvgIpc) is 3.24. The van der Waals surface area contributed by atoms with E-state index in [9.17, 15) is 9.59 Å². The summed E-state index contributed by atoms with van der Waals surface area (Å²) in [5, 5.41) is 3.66. The van der Waals surface area contributed by atoms with Gasteiger partial charge in [0.1, 0.15) is 6.61 Å². The van der Waals surface area contributed by atoms with E-state index in [1.54, 1.807) is 30.3 Å². The molecule has 0 saturated heterocycles. The van der Waals surface area contributed by atoms with Crippen molar-refractivity contribution in [2.45, 2.75) is 38.9 Å². The van der Waals surface area contributed by atoms with Gasteiger partial charge in [0.05, 0.1) is 23.7 Å². The van der Waals surface area contributed by atoms with E-state index in [0.717, 1.165) is 11.3 Å². The number of hydrogen-bond donors (Lipinski definition) is 1. The Balaban J connectivity index is 1.65. The fourth-order valence-electron chi connectivity index (χ4n) is 4.49. The molecule has 0 bridgehead atoms. The molecule has 3 atom stereocenters. The summed E-state index contributed by atoms with van der Waals surface area (Å²) in [7, 11) is 0. The minimum atomic E-state index is -0.432. The normalized spacial score (nSPS) is 17.2. The number of anilines is 1. The zero-order valence-electron chi connectivity index (χ0n) is 20.4. The van der Waals surface area contributed by atoms with Crippen LogP contribution in [0.1, 0.15) is 42.7 Å². The van der Waals surface area contributed by atoms with Gasteiger partial charge in [-0.05, 0) is 35.2 Å². The van der Waals surface area contributed by atoms with Gasteiger partial charge in [0.25, 0.3) is 0 Å². The Kier molecular flexibility index (Phi) is 7.35. The molecule has 0 spiro atoms. The van der Waals surface area contributed by atoms with Crippen LogP contribution in [-0.2, 0) is 9.53 Å². The lowest BCUT2D eigenvalue weighted by Gasteiger charge is -2.43. The number of esters is 1. The van der Waals surface area contributed by atoms with E-state index in [1.165, 1.54) is 0 Å². The first-order valence-corrected chi connectivity index (χ1v) is 11.9. The number of rotatable bonds is 8. The third-order valence-electron chi connectivity index (χ3n) is 6.28. The lowest BCUT2D eigenvalue weighted by atomic mass is 9.81. The number of carbonyl (C=O) groups excluding carboxylic acids is 2. The summed E-state index contributed by atoms with van der Waals surface area (Å²) in [5.74, 6) is -0.499. The second-order valence-corrected chi connectivity index (χ2v) is 9.84. The van der Waals surface area contributed by atoms with Crippen LogP contribution in [0, 0.1) is 5.41 Å².